The van der Waals surface area contributed by atoms with E-state index in [1.807, 2.05) is 6.92 Å². The summed E-state index contributed by atoms with van der Waals surface area (Å²) in [5.74, 6) is 0.151. The molecule has 0 spiro atoms. The first-order valence-electron chi connectivity index (χ1n) is 7.25. The number of likely N-dealkylation sites (N-methyl/N-ethyl adjacent to an activating group) is 1. The molecule has 1 heterocycles. The van der Waals surface area contributed by atoms with Crippen molar-refractivity contribution in [1.82, 2.24) is 10.2 Å². The first-order chi connectivity index (χ1) is 9.19. The van der Waals surface area contributed by atoms with Crippen molar-refractivity contribution in [1.29, 1.82) is 0 Å². The van der Waals surface area contributed by atoms with Crippen LogP contribution in [0.2, 0.25) is 0 Å². The zero-order valence-electron chi connectivity index (χ0n) is 12.0. The number of carbonyl (C=O) groups excluding carboxylic acids is 1. The van der Waals surface area contributed by atoms with Crippen molar-refractivity contribution in [3.8, 4) is 0 Å². The predicted octanol–water partition coefficient (Wildman–Crippen LogP) is 2.14. The topological polar surface area (TPSA) is 32.3 Å². The van der Waals surface area contributed by atoms with Gasteiger partial charge >= 0.3 is 0 Å². The van der Waals surface area contributed by atoms with Gasteiger partial charge in [0.15, 0.2) is 0 Å². The van der Waals surface area contributed by atoms with Crippen LogP contribution >= 0.6 is 0 Å². The van der Waals surface area contributed by atoms with Gasteiger partial charge in [-0.05, 0) is 45.2 Å². The van der Waals surface area contributed by atoms with Crippen LogP contribution in [0, 0.1) is 6.92 Å². The third-order valence-electron chi connectivity index (χ3n) is 3.81. The fourth-order valence-corrected chi connectivity index (χ4v) is 2.77. The van der Waals surface area contributed by atoms with Crippen LogP contribution in [0.15, 0.2) is 24.3 Å². The summed E-state index contributed by atoms with van der Waals surface area (Å²) in [4.78, 5) is 14.0. The molecule has 3 heteroatoms. The Labute approximate surface area is 116 Å². The summed E-state index contributed by atoms with van der Waals surface area (Å²) >= 11 is 0. The maximum Gasteiger partial charge on any atom is 0.234 e. The minimum atomic E-state index is 0.151. The fourth-order valence-electron chi connectivity index (χ4n) is 2.77. The predicted molar refractivity (Wildman–Crippen MR) is 78.2 cm³/mol. The molecule has 104 valence electrons. The van der Waals surface area contributed by atoms with Gasteiger partial charge in [0.1, 0.15) is 0 Å². The fraction of sp³-hybridized carbons (Fsp3) is 0.562. The molecule has 1 fully saturated rings. The van der Waals surface area contributed by atoms with Crippen LogP contribution in [-0.4, -0.2) is 36.5 Å². The molecule has 0 radical (unpaired) electrons. The molecule has 1 unspecified atom stereocenters. The molecular formula is C16H24N2O. The van der Waals surface area contributed by atoms with Crippen LogP contribution in [0.1, 0.15) is 30.9 Å². The first kappa shape index (κ1) is 14.1. The average molecular weight is 260 g/mol. The molecule has 1 amide bonds. The number of amides is 1. The lowest BCUT2D eigenvalue weighted by Gasteiger charge is -2.23. The molecule has 1 atom stereocenters. The number of likely N-dealkylation sites (tertiary alicyclic amines) is 1. The Morgan fingerprint density at radius 2 is 2.11 bits per heavy atom. The minimum absolute atomic E-state index is 0.151. The first-order valence-corrected chi connectivity index (χ1v) is 7.25. The monoisotopic (exact) mass is 260 g/mol. The smallest absolute Gasteiger partial charge is 0.234 e. The quantitative estimate of drug-likeness (QED) is 0.879. The van der Waals surface area contributed by atoms with Crippen molar-refractivity contribution < 1.29 is 4.79 Å². The Balaban J connectivity index is 1.91. The van der Waals surface area contributed by atoms with Gasteiger partial charge in [-0.3, -0.25) is 9.69 Å². The van der Waals surface area contributed by atoms with Crippen LogP contribution in [-0.2, 0) is 11.2 Å². The molecule has 0 saturated carbocycles. The molecule has 0 bridgehead atoms. The number of nitrogens with one attached hydrogen (secondary N) is 1. The Morgan fingerprint density at radius 3 is 2.79 bits per heavy atom. The summed E-state index contributed by atoms with van der Waals surface area (Å²) in [5, 5.41) is 2.88. The molecule has 1 aliphatic rings. The Bertz CT molecular complexity index is 413. The number of aryl methyl sites for hydroxylation is 1. The van der Waals surface area contributed by atoms with Gasteiger partial charge in [0, 0.05) is 12.6 Å². The zero-order valence-corrected chi connectivity index (χ0v) is 12.0. The summed E-state index contributed by atoms with van der Waals surface area (Å²) < 4.78 is 0. The van der Waals surface area contributed by atoms with Crippen LogP contribution in [0.5, 0.6) is 0 Å². The van der Waals surface area contributed by atoms with Crippen LogP contribution in [0.25, 0.3) is 0 Å². The second-order valence-electron chi connectivity index (χ2n) is 5.41. The molecule has 1 aliphatic heterocycles. The number of carbonyl (C=O) groups is 1. The van der Waals surface area contributed by atoms with Gasteiger partial charge < -0.3 is 5.32 Å². The average Bonchev–Trinajstić information content (AvgIpc) is 2.80. The van der Waals surface area contributed by atoms with E-state index in [1.54, 1.807) is 0 Å². The number of hydrogen-bond acceptors (Lipinski definition) is 2. The van der Waals surface area contributed by atoms with E-state index in [9.17, 15) is 4.79 Å². The molecule has 1 saturated heterocycles. The molecule has 0 aliphatic carbocycles. The van der Waals surface area contributed by atoms with E-state index in [0.717, 1.165) is 19.5 Å². The van der Waals surface area contributed by atoms with Gasteiger partial charge in [0.25, 0.3) is 0 Å². The van der Waals surface area contributed by atoms with E-state index < -0.39 is 0 Å². The Morgan fingerprint density at radius 1 is 1.37 bits per heavy atom. The van der Waals surface area contributed by atoms with Crippen molar-refractivity contribution in [2.75, 3.05) is 19.6 Å². The molecule has 19 heavy (non-hydrogen) atoms. The van der Waals surface area contributed by atoms with E-state index >= 15 is 0 Å². The number of benzene rings is 1. The van der Waals surface area contributed by atoms with Crippen molar-refractivity contribution in [3.05, 3.63) is 35.4 Å². The summed E-state index contributed by atoms with van der Waals surface area (Å²) in [5.41, 5.74) is 2.67. The lowest BCUT2D eigenvalue weighted by molar-refractivity contribution is -0.122. The molecule has 1 N–H and O–H groups in total. The SMILES string of the molecule is CCNC(=O)CN1CCCC1Cc1ccc(C)cc1. The molecule has 1 aromatic carbocycles. The van der Waals surface area contributed by atoms with Gasteiger partial charge in [-0.2, -0.15) is 0 Å². The van der Waals surface area contributed by atoms with E-state index in [1.165, 1.54) is 24.0 Å². The Kier molecular flexibility index (Phi) is 4.97. The summed E-state index contributed by atoms with van der Waals surface area (Å²) in [7, 11) is 0. The number of rotatable bonds is 5. The van der Waals surface area contributed by atoms with Crippen molar-refractivity contribution in [2.24, 2.45) is 0 Å². The van der Waals surface area contributed by atoms with Crippen molar-refractivity contribution in [3.63, 3.8) is 0 Å². The van der Waals surface area contributed by atoms with Crippen LogP contribution in [0.3, 0.4) is 0 Å². The standard InChI is InChI=1S/C16H24N2O/c1-3-17-16(19)12-18-10-4-5-15(18)11-14-8-6-13(2)7-9-14/h6-9,15H,3-5,10-12H2,1-2H3,(H,17,19). The molecular weight excluding hydrogens is 236 g/mol. The Hall–Kier alpha value is -1.35. The highest BCUT2D eigenvalue weighted by Crippen LogP contribution is 2.21. The zero-order chi connectivity index (χ0) is 13.7. The van der Waals surface area contributed by atoms with Gasteiger partial charge in [-0.15, -0.1) is 0 Å². The summed E-state index contributed by atoms with van der Waals surface area (Å²) in [6, 6.07) is 9.26. The lowest BCUT2D eigenvalue weighted by Crippen LogP contribution is -2.40. The van der Waals surface area contributed by atoms with Gasteiger partial charge in [-0.25, -0.2) is 0 Å². The van der Waals surface area contributed by atoms with Gasteiger partial charge in [-0.1, -0.05) is 29.8 Å². The normalized spacial score (nSPS) is 19.6. The minimum Gasteiger partial charge on any atom is -0.355 e. The van der Waals surface area contributed by atoms with E-state index in [4.69, 9.17) is 0 Å². The van der Waals surface area contributed by atoms with E-state index in [2.05, 4.69) is 41.4 Å². The molecule has 0 aromatic heterocycles. The third-order valence-corrected chi connectivity index (χ3v) is 3.81. The largest absolute Gasteiger partial charge is 0.355 e. The molecule has 3 nitrogen and oxygen atoms in total. The van der Waals surface area contributed by atoms with Crippen LogP contribution in [0.4, 0.5) is 0 Å². The number of nitrogens with zero attached hydrogens (tertiary/aromatic N) is 1. The highest BCUT2D eigenvalue weighted by atomic mass is 16.2. The van der Waals surface area contributed by atoms with Gasteiger partial charge in [0.05, 0.1) is 6.54 Å². The van der Waals surface area contributed by atoms with Crippen LogP contribution < -0.4 is 5.32 Å². The summed E-state index contributed by atoms with van der Waals surface area (Å²) in [6.07, 6.45) is 3.46. The summed E-state index contributed by atoms with van der Waals surface area (Å²) in [6.45, 7) is 6.39. The second kappa shape index (κ2) is 6.71. The second-order valence-corrected chi connectivity index (χ2v) is 5.41. The van der Waals surface area contributed by atoms with Crippen molar-refractivity contribution >= 4 is 5.91 Å². The molecule has 1 aromatic rings. The van der Waals surface area contributed by atoms with E-state index in [0.29, 0.717) is 12.6 Å². The van der Waals surface area contributed by atoms with E-state index in [-0.39, 0.29) is 5.91 Å². The van der Waals surface area contributed by atoms with Crippen molar-refractivity contribution in [2.45, 2.75) is 39.2 Å². The maximum absolute atomic E-state index is 11.7. The van der Waals surface area contributed by atoms with Gasteiger partial charge in [0.2, 0.25) is 5.91 Å². The highest BCUT2D eigenvalue weighted by Gasteiger charge is 2.25. The lowest BCUT2D eigenvalue weighted by atomic mass is 10.0. The maximum atomic E-state index is 11.7. The highest BCUT2D eigenvalue weighted by molar-refractivity contribution is 5.78. The molecule has 2 rings (SSSR count). The number of hydrogen-bond donors (Lipinski definition) is 1. The third kappa shape index (κ3) is 4.06.